The Morgan fingerprint density at radius 3 is 2.50 bits per heavy atom. The summed E-state index contributed by atoms with van der Waals surface area (Å²) < 4.78 is 52.4. The van der Waals surface area contributed by atoms with E-state index in [9.17, 15) is 9.18 Å². The van der Waals surface area contributed by atoms with Crippen LogP contribution in [-0.2, 0) is 0 Å². The van der Waals surface area contributed by atoms with Gasteiger partial charge in [0.2, 0.25) is 11.6 Å². The predicted molar refractivity (Wildman–Crippen MR) is 168 cm³/mol. The number of nitrogens with zero attached hydrogens (tertiary/aromatic N) is 4. The number of aromatic nitrogens is 2. The number of anilines is 1. The van der Waals surface area contributed by atoms with Gasteiger partial charge in [0, 0.05) is 50.5 Å². The second kappa shape index (κ2) is 14.1. The van der Waals surface area contributed by atoms with E-state index < -0.39 is 17.9 Å². The number of piperazine rings is 1. The third kappa shape index (κ3) is 7.37. The Hall–Kier alpha value is -4.75. The summed E-state index contributed by atoms with van der Waals surface area (Å²) in [5.41, 5.74) is 1.43. The van der Waals surface area contributed by atoms with Crippen molar-refractivity contribution in [2.45, 2.75) is 19.4 Å². The molecule has 1 unspecified atom stereocenters. The third-order valence-corrected chi connectivity index (χ3v) is 7.93. The van der Waals surface area contributed by atoms with Gasteiger partial charge in [0.05, 0.1) is 18.2 Å². The topological polar surface area (TPSA) is 110 Å². The highest BCUT2D eigenvalue weighted by Crippen LogP contribution is 2.48. The van der Waals surface area contributed by atoms with Gasteiger partial charge in [-0.25, -0.2) is 23.5 Å². The molecule has 2 amide bonds. The van der Waals surface area contributed by atoms with Gasteiger partial charge in [0.1, 0.15) is 30.7 Å². The normalized spacial score (nSPS) is 15.7. The van der Waals surface area contributed by atoms with Crippen LogP contribution in [0.2, 0.25) is 0 Å². The summed E-state index contributed by atoms with van der Waals surface area (Å²) in [6, 6.07) is 10.7. The van der Waals surface area contributed by atoms with Crippen LogP contribution in [0, 0.1) is 11.6 Å². The lowest BCUT2D eigenvalue weighted by Crippen LogP contribution is -2.44. The van der Waals surface area contributed by atoms with Crippen molar-refractivity contribution < 1.29 is 32.5 Å². The van der Waals surface area contributed by atoms with Gasteiger partial charge in [0.25, 0.3) is 0 Å². The van der Waals surface area contributed by atoms with E-state index in [0.717, 1.165) is 50.8 Å². The van der Waals surface area contributed by atoms with Crippen molar-refractivity contribution in [3.63, 3.8) is 0 Å². The molecule has 242 valence electrons. The lowest BCUT2D eigenvalue weighted by molar-refractivity contribution is 0.142. The number of rotatable bonds is 10. The van der Waals surface area contributed by atoms with Gasteiger partial charge in [-0.05, 0) is 50.2 Å². The Bertz CT molecular complexity index is 1680. The minimum Gasteiger partial charge on any atom is -0.489 e. The summed E-state index contributed by atoms with van der Waals surface area (Å²) >= 11 is 0. The zero-order valence-electron chi connectivity index (χ0n) is 25.7. The minimum atomic E-state index is -0.720. The molecule has 1 atom stereocenters. The van der Waals surface area contributed by atoms with Gasteiger partial charge >= 0.3 is 6.03 Å². The molecule has 0 saturated carbocycles. The molecule has 3 aromatic carbocycles. The molecule has 0 bridgehead atoms. The highest BCUT2D eigenvalue weighted by Gasteiger charge is 2.26. The summed E-state index contributed by atoms with van der Waals surface area (Å²) in [5.74, 6) is 0.203. The van der Waals surface area contributed by atoms with Gasteiger partial charge in [-0.2, -0.15) is 0 Å². The SMILES string of the molecule is CC(NC(=O)Nc1ccc(Oc2ncnc3cc(OCCCN4CCN(C)CC4)c4c(c23)OCCO4)c(F)c1)c1ccc(F)cc1. The Kier molecular flexibility index (Phi) is 9.60. The van der Waals surface area contributed by atoms with Crippen LogP contribution in [0.5, 0.6) is 28.9 Å². The van der Waals surface area contributed by atoms with Crippen molar-refractivity contribution in [2.24, 2.45) is 0 Å². The number of halogens is 2. The molecule has 13 heteroatoms. The number of carbonyl (C=O) groups is 1. The van der Waals surface area contributed by atoms with Gasteiger partial charge in [-0.3, -0.25) is 0 Å². The Labute approximate surface area is 265 Å². The Balaban J connectivity index is 1.13. The molecular formula is C33H36F2N6O5. The number of hydrogen-bond acceptors (Lipinski definition) is 9. The van der Waals surface area contributed by atoms with E-state index in [2.05, 4.69) is 37.4 Å². The number of hydrogen-bond donors (Lipinski definition) is 2. The van der Waals surface area contributed by atoms with Crippen LogP contribution in [0.15, 0.2) is 54.9 Å². The second-order valence-corrected chi connectivity index (χ2v) is 11.3. The zero-order chi connectivity index (χ0) is 32.0. The first-order valence-corrected chi connectivity index (χ1v) is 15.3. The molecule has 0 spiro atoms. The number of urea groups is 1. The van der Waals surface area contributed by atoms with Crippen molar-refractivity contribution >= 4 is 22.6 Å². The number of ether oxygens (including phenoxy) is 4. The summed E-state index contributed by atoms with van der Waals surface area (Å²) in [6.45, 7) is 8.08. The van der Waals surface area contributed by atoms with Crippen molar-refractivity contribution in [2.75, 3.05) is 64.9 Å². The fraction of sp³-hybridized carbons (Fsp3) is 0.364. The van der Waals surface area contributed by atoms with E-state index in [1.807, 2.05) is 0 Å². The zero-order valence-corrected chi connectivity index (χ0v) is 25.7. The number of amides is 2. The molecular weight excluding hydrogens is 598 g/mol. The first-order valence-electron chi connectivity index (χ1n) is 15.3. The van der Waals surface area contributed by atoms with Crippen LogP contribution in [0.1, 0.15) is 24.9 Å². The van der Waals surface area contributed by atoms with Crippen molar-refractivity contribution in [1.82, 2.24) is 25.1 Å². The highest BCUT2D eigenvalue weighted by molar-refractivity contribution is 5.94. The number of likely N-dealkylation sites (N-methyl/N-ethyl adjacent to an activating group) is 1. The van der Waals surface area contributed by atoms with Crippen LogP contribution < -0.4 is 29.6 Å². The summed E-state index contributed by atoms with van der Waals surface area (Å²) in [5, 5.41) is 5.77. The fourth-order valence-electron chi connectivity index (χ4n) is 5.37. The lowest BCUT2D eigenvalue weighted by Gasteiger charge is -2.32. The molecule has 2 aliphatic rings. The molecule has 2 aliphatic heterocycles. The smallest absolute Gasteiger partial charge is 0.319 e. The predicted octanol–water partition coefficient (Wildman–Crippen LogP) is 5.37. The molecule has 1 aromatic heterocycles. The summed E-state index contributed by atoms with van der Waals surface area (Å²) in [7, 11) is 2.14. The molecule has 0 radical (unpaired) electrons. The van der Waals surface area contributed by atoms with Crippen molar-refractivity contribution in [3.05, 3.63) is 72.1 Å². The molecule has 2 N–H and O–H groups in total. The van der Waals surface area contributed by atoms with E-state index in [4.69, 9.17) is 18.9 Å². The first-order chi connectivity index (χ1) is 22.3. The maximum Gasteiger partial charge on any atom is 0.319 e. The van der Waals surface area contributed by atoms with Crippen molar-refractivity contribution in [3.8, 4) is 28.9 Å². The van der Waals surface area contributed by atoms with E-state index in [1.165, 1.54) is 30.6 Å². The van der Waals surface area contributed by atoms with Gasteiger partial charge < -0.3 is 39.4 Å². The van der Waals surface area contributed by atoms with Crippen LogP contribution in [0.3, 0.4) is 0 Å². The number of carbonyl (C=O) groups excluding carboxylic acids is 1. The molecule has 46 heavy (non-hydrogen) atoms. The monoisotopic (exact) mass is 634 g/mol. The molecule has 3 heterocycles. The largest absolute Gasteiger partial charge is 0.489 e. The number of fused-ring (bicyclic) bond motifs is 3. The van der Waals surface area contributed by atoms with Crippen LogP contribution in [0.25, 0.3) is 10.9 Å². The summed E-state index contributed by atoms with van der Waals surface area (Å²) in [4.78, 5) is 25.9. The Morgan fingerprint density at radius 1 is 0.978 bits per heavy atom. The standard InChI is InChI=1S/C33H36F2N6O5/c1-21(22-4-6-23(34)7-5-22)38-33(42)39-24-8-9-27(25(35)18-24)46-32-29-26(36-20-37-32)19-28(30-31(29)45-17-16-44-30)43-15-3-10-41-13-11-40(2)12-14-41/h4-9,18-21H,3,10-17H2,1-2H3,(H2,38,39,42). The fourth-order valence-corrected chi connectivity index (χ4v) is 5.37. The van der Waals surface area contributed by atoms with Gasteiger partial charge in [-0.1, -0.05) is 12.1 Å². The maximum atomic E-state index is 15.2. The van der Waals surface area contributed by atoms with Gasteiger partial charge in [0.15, 0.2) is 23.1 Å². The summed E-state index contributed by atoms with van der Waals surface area (Å²) in [6.07, 6.45) is 2.18. The number of benzene rings is 3. The van der Waals surface area contributed by atoms with Crippen LogP contribution in [0.4, 0.5) is 19.3 Å². The molecule has 11 nitrogen and oxygen atoms in total. The third-order valence-electron chi connectivity index (χ3n) is 7.93. The van der Waals surface area contributed by atoms with E-state index in [-0.39, 0.29) is 23.1 Å². The minimum absolute atomic E-state index is 0.0823. The van der Waals surface area contributed by atoms with Crippen molar-refractivity contribution in [1.29, 1.82) is 0 Å². The molecule has 1 saturated heterocycles. The van der Waals surface area contributed by atoms with E-state index in [1.54, 1.807) is 25.1 Å². The van der Waals surface area contributed by atoms with E-state index >= 15 is 4.39 Å². The molecule has 1 fully saturated rings. The lowest BCUT2D eigenvalue weighted by atomic mass is 10.1. The highest BCUT2D eigenvalue weighted by atomic mass is 19.1. The molecule has 0 aliphatic carbocycles. The Morgan fingerprint density at radius 2 is 1.74 bits per heavy atom. The van der Waals surface area contributed by atoms with Gasteiger partial charge in [-0.15, -0.1) is 0 Å². The first kappa shape index (κ1) is 31.2. The van der Waals surface area contributed by atoms with Crippen LogP contribution >= 0.6 is 0 Å². The van der Waals surface area contributed by atoms with E-state index in [0.29, 0.717) is 48.0 Å². The number of nitrogens with one attached hydrogen (secondary N) is 2. The average molecular weight is 635 g/mol. The molecule has 6 rings (SSSR count). The quantitative estimate of drug-likeness (QED) is 0.223. The maximum absolute atomic E-state index is 15.2. The molecule has 4 aromatic rings. The average Bonchev–Trinajstić information content (AvgIpc) is 3.05. The van der Waals surface area contributed by atoms with Crippen LogP contribution in [-0.4, -0.2) is 85.4 Å². The second-order valence-electron chi connectivity index (χ2n) is 11.3.